The van der Waals surface area contributed by atoms with Gasteiger partial charge in [0.2, 0.25) is 10.0 Å². The summed E-state index contributed by atoms with van der Waals surface area (Å²) in [7, 11) is -4.24. The summed E-state index contributed by atoms with van der Waals surface area (Å²) in [6.45, 7) is 4.05. The number of nitrogens with zero attached hydrogens (tertiary/aromatic N) is 1. The molecule has 0 aliphatic rings. The second-order valence-electron chi connectivity index (χ2n) is 7.16. The maximum absolute atomic E-state index is 13.3. The highest BCUT2D eigenvalue weighted by Crippen LogP contribution is 2.28. The molecule has 8 nitrogen and oxygen atoms in total. The molecule has 0 bridgehead atoms. The van der Waals surface area contributed by atoms with Crippen molar-refractivity contribution in [1.82, 2.24) is 9.79 Å². The molecule has 0 radical (unpaired) electrons. The lowest BCUT2D eigenvalue weighted by molar-refractivity contribution is -0.144. The van der Waals surface area contributed by atoms with Gasteiger partial charge in [-0.05, 0) is 56.2 Å². The largest absolute Gasteiger partial charge is 0.466 e. The van der Waals surface area contributed by atoms with E-state index in [1.807, 2.05) is 0 Å². The number of rotatable bonds is 9. The van der Waals surface area contributed by atoms with E-state index in [9.17, 15) is 22.4 Å². The zero-order chi connectivity index (χ0) is 23.2. The van der Waals surface area contributed by atoms with Crippen LogP contribution in [-0.4, -0.2) is 48.5 Å². The number of sulfonamides is 1. The van der Waals surface area contributed by atoms with Gasteiger partial charge in [0.15, 0.2) is 0 Å². The van der Waals surface area contributed by atoms with Crippen molar-refractivity contribution in [3.63, 3.8) is 0 Å². The molecule has 1 amide bonds. The summed E-state index contributed by atoms with van der Waals surface area (Å²) < 4.78 is 45.5. The molecule has 0 aliphatic heterocycles. The van der Waals surface area contributed by atoms with E-state index in [2.05, 4.69) is 0 Å². The number of hydroxylamine groups is 1. The summed E-state index contributed by atoms with van der Waals surface area (Å²) in [4.78, 5) is 23.8. The molecule has 0 aliphatic carbocycles. The van der Waals surface area contributed by atoms with Crippen LogP contribution in [0.5, 0.6) is 0 Å². The van der Waals surface area contributed by atoms with Crippen molar-refractivity contribution in [1.29, 1.82) is 0 Å². The van der Waals surface area contributed by atoms with Crippen molar-refractivity contribution in [2.24, 2.45) is 0 Å². The average molecular weight is 453 g/mol. The van der Waals surface area contributed by atoms with Crippen LogP contribution < -0.4 is 5.48 Å². The lowest BCUT2D eigenvalue weighted by atomic mass is 10.1. The maximum atomic E-state index is 13.3. The van der Waals surface area contributed by atoms with Crippen molar-refractivity contribution < 1.29 is 32.3 Å². The van der Waals surface area contributed by atoms with Gasteiger partial charge in [0.05, 0.1) is 17.9 Å². The minimum Gasteiger partial charge on any atom is -0.466 e. The van der Waals surface area contributed by atoms with Gasteiger partial charge in [-0.1, -0.05) is 24.3 Å². The van der Waals surface area contributed by atoms with E-state index in [0.717, 1.165) is 4.31 Å². The summed E-state index contributed by atoms with van der Waals surface area (Å²) in [6, 6.07) is 11.6. The number of carbonyl (C=O) groups excluding carboxylic acids is 2. The van der Waals surface area contributed by atoms with Crippen molar-refractivity contribution >= 4 is 21.9 Å². The molecular formula is C21H25FN2O6S. The highest BCUT2D eigenvalue weighted by atomic mass is 32.2. The third-order valence-electron chi connectivity index (χ3n) is 4.72. The summed E-state index contributed by atoms with van der Waals surface area (Å²) in [5.74, 6) is -1.96. The molecule has 10 heteroatoms. The van der Waals surface area contributed by atoms with E-state index in [1.165, 1.54) is 43.6 Å². The zero-order valence-corrected chi connectivity index (χ0v) is 18.3. The number of hydrogen-bond acceptors (Lipinski definition) is 6. The smallest absolute Gasteiger partial charge is 0.307 e. The van der Waals surface area contributed by atoms with Crippen LogP contribution in [0.3, 0.4) is 0 Å². The number of amides is 1. The molecule has 0 unspecified atom stereocenters. The van der Waals surface area contributed by atoms with Crippen LogP contribution in [0.25, 0.3) is 11.1 Å². The fourth-order valence-corrected chi connectivity index (χ4v) is 4.72. The molecule has 2 aromatic rings. The Balaban J connectivity index is 2.40. The fourth-order valence-electron chi connectivity index (χ4n) is 2.97. The highest BCUT2D eigenvalue weighted by Gasteiger charge is 2.42. The normalized spacial score (nSPS) is 11.9. The monoisotopic (exact) mass is 452 g/mol. The molecule has 0 atom stereocenters. The van der Waals surface area contributed by atoms with Crippen molar-refractivity contribution in [2.75, 3.05) is 13.2 Å². The minimum absolute atomic E-state index is 0.110. The lowest BCUT2D eigenvalue weighted by Crippen LogP contribution is -2.57. The summed E-state index contributed by atoms with van der Waals surface area (Å²) >= 11 is 0. The van der Waals surface area contributed by atoms with Gasteiger partial charge in [-0.3, -0.25) is 14.8 Å². The van der Waals surface area contributed by atoms with Gasteiger partial charge in [-0.2, -0.15) is 4.31 Å². The van der Waals surface area contributed by atoms with Gasteiger partial charge < -0.3 is 4.74 Å². The fraction of sp³-hybridized carbons (Fsp3) is 0.333. The average Bonchev–Trinajstić information content (AvgIpc) is 2.73. The second kappa shape index (κ2) is 9.99. The molecule has 2 aromatic carbocycles. The van der Waals surface area contributed by atoms with E-state index < -0.39 is 27.4 Å². The molecule has 0 saturated heterocycles. The van der Waals surface area contributed by atoms with Gasteiger partial charge in [0.25, 0.3) is 5.91 Å². The van der Waals surface area contributed by atoms with Gasteiger partial charge >= 0.3 is 5.97 Å². The Morgan fingerprint density at radius 3 is 2.06 bits per heavy atom. The Kier molecular flexibility index (Phi) is 7.88. The minimum atomic E-state index is -4.24. The van der Waals surface area contributed by atoms with Crippen LogP contribution in [0.1, 0.15) is 27.2 Å². The summed E-state index contributed by atoms with van der Waals surface area (Å²) in [5, 5.41) is 9.06. The van der Waals surface area contributed by atoms with Gasteiger partial charge in [-0.25, -0.2) is 18.3 Å². The molecule has 168 valence electrons. The number of benzene rings is 2. The predicted octanol–water partition coefficient (Wildman–Crippen LogP) is 2.72. The first-order chi connectivity index (χ1) is 14.5. The molecule has 0 fully saturated rings. The van der Waals surface area contributed by atoms with Crippen LogP contribution in [0.4, 0.5) is 4.39 Å². The van der Waals surface area contributed by atoms with Crippen LogP contribution >= 0.6 is 0 Å². The number of carbonyl (C=O) groups is 2. The van der Waals surface area contributed by atoms with Crippen LogP contribution in [-0.2, 0) is 24.3 Å². The standard InChI is InChI=1S/C21H25FN2O6S/c1-4-30-19(25)13-14-24(21(2,3)20(26)23-27)31(28,29)18-11-7-16(8-12-18)15-5-9-17(22)10-6-15/h5-12,27H,4,13-14H2,1-3H3,(H,23,26). The third kappa shape index (κ3) is 5.66. The Bertz CT molecular complexity index is 1020. The van der Waals surface area contributed by atoms with Crippen LogP contribution in [0.2, 0.25) is 0 Å². The third-order valence-corrected chi connectivity index (χ3v) is 6.81. The Hall–Kier alpha value is -2.82. The van der Waals surface area contributed by atoms with E-state index in [0.29, 0.717) is 11.1 Å². The van der Waals surface area contributed by atoms with Crippen molar-refractivity contribution in [3.8, 4) is 11.1 Å². The number of esters is 1. The molecule has 2 rings (SSSR count). The molecule has 2 N–H and O–H groups in total. The highest BCUT2D eigenvalue weighted by molar-refractivity contribution is 7.89. The molecule has 31 heavy (non-hydrogen) atoms. The SMILES string of the molecule is CCOC(=O)CCN(C(C)(C)C(=O)NO)S(=O)(=O)c1ccc(-c2ccc(F)cc2)cc1. The predicted molar refractivity (Wildman–Crippen MR) is 111 cm³/mol. The number of halogens is 1. The number of nitrogens with one attached hydrogen (secondary N) is 1. The topological polar surface area (TPSA) is 113 Å². The molecule has 0 aromatic heterocycles. The van der Waals surface area contributed by atoms with Gasteiger partial charge in [0.1, 0.15) is 11.4 Å². The maximum Gasteiger partial charge on any atom is 0.307 e. The van der Waals surface area contributed by atoms with Crippen molar-refractivity contribution in [3.05, 3.63) is 54.3 Å². The van der Waals surface area contributed by atoms with E-state index in [1.54, 1.807) is 31.2 Å². The van der Waals surface area contributed by atoms with E-state index in [4.69, 9.17) is 9.94 Å². The van der Waals surface area contributed by atoms with E-state index >= 15 is 0 Å². The zero-order valence-electron chi connectivity index (χ0n) is 17.5. The Morgan fingerprint density at radius 1 is 1.06 bits per heavy atom. The summed E-state index contributed by atoms with van der Waals surface area (Å²) in [5.41, 5.74) is 1.14. The molecule has 0 spiro atoms. The van der Waals surface area contributed by atoms with Crippen LogP contribution in [0, 0.1) is 5.82 Å². The quantitative estimate of drug-likeness (QED) is 0.344. The van der Waals surface area contributed by atoms with Gasteiger partial charge in [0, 0.05) is 6.54 Å². The number of ether oxygens (including phenoxy) is 1. The first-order valence-electron chi connectivity index (χ1n) is 9.53. The number of hydrogen-bond donors (Lipinski definition) is 2. The summed E-state index contributed by atoms with van der Waals surface area (Å²) in [6.07, 6.45) is -0.275. The molecule has 0 heterocycles. The van der Waals surface area contributed by atoms with E-state index in [-0.39, 0.29) is 30.3 Å². The first kappa shape index (κ1) is 24.4. The van der Waals surface area contributed by atoms with Crippen molar-refractivity contribution in [2.45, 2.75) is 37.6 Å². The van der Waals surface area contributed by atoms with Crippen LogP contribution in [0.15, 0.2) is 53.4 Å². The Labute approximate surface area is 180 Å². The Morgan fingerprint density at radius 2 is 1.58 bits per heavy atom. The second-order valence-corrected chi connectivity index (χ2v) is 9.03. The molecule has 0 saturated carbocycles. The van der Waals surface area contributed by atoms with Gasteiger partial charge in [-0.15, -0.1) is 0 Å². The molecular weight excluding hydrogens is 427 g/mol. The first-order valence-corrected chi connectivity index (χ1v) is 11.0. The lowest BCUT2D eigenvalue weighted by Gasteiger charge is -2.35.